The van der Waals surface area contributed by atoms with Crippen molar-refractivity contribution < 1.29 is 4.74 Å². The number of ether oxygens (including phenoxy) is 1. The highest BCUT2D eigenvalue weighted by molar-refractivity contribution is 6.32. The molecule has 0 spiro atoms. The molecule has 2 aromatic rings. The molecule has 1 heterocycles. The molecule has 0 N–H and O–H groups in total. The number of aryl methyl sites for hydroxylation is 1. The predicted octanol–water partition coefficient (Wildman–Crippen LogP) is 2.11. The number of hydrogen-bond donors (Lipinski definition) is 0. The molecule has 1 aromatic heterocycles. The average molecular weight is 251 g/mol. The van der Waals surface area contributed by atoms with Gasteiger partial charge in [-0.25, -0.2) is 0 Å². The van der Waals surface area contributed by atoms with Crippen LogP contribution in [0.1, 0.15) is 0 Å². The summed E-state index contributed by atoms with van der Waals surface area (Å²) in [5.41, 5.74) is 0.849. The molecule has 0 saturated carbocycles. The third-order valence-corrected chi connectivity index (χ3v) is 2.84. The largest absolute Gasteiger partial charge is 0.477 e. The van der Waals surface area contributed by atoms with Crippen molar-refractivity contribution in [2.75, 3.05) is 7.11 Å². The molecule has 0 atom stereocenters. The molecule has 1 aromatic carbocycles. The standard InChI is InChI=1S/C12H11ClN2O2/c1-15-11(13)9(8-6-4-3-5-7-8)10(16)12(14-15)17-2/h3-7H,1-2H3. The number of benzene rings is 1. The Bertz CT molecular complexity index is 593. The summed E-state index contributed by atoms with van der Waals surface area (Å²) in [6.07, 6.45) is 0. The molecule has 0 saturated heterocycles. The summed E-state index contributed by atoms with van der Waals surface area (Å²) in [5.74, 6) is 0.0377. The number of rotatable bonds is 2. The minimum atomic E-state index is -0.304. The fraction of sp³-hybridized carbons (Fsp3) is 0.167. The van der Waals surface area contributed by atoms with E-state index in [1.54, 1.807) is 7.05 Å². The smallest absolute Gasteiger partial charge is 0.280 e. The molecule has 0 amide bonds. The van der Waals surface area contributed by atoms with Crippen molar-refractivity contribution in [3.8, 4) is 17.0 Å². The van der Waals surface area contributed by atoms with Crippen LogP contribution in [0.3, 0.4) is 0 Å². The van der Waals surface area contributed by atoms with E-state index < -0.39 is 0 Å². The van der Waals surface area contributed by atoms with Gasteiger partial charge in [0.1, 0.15) is 5.15 Å². The lowest BCUT2D eigenvalue weighted by Gasteiger charge is -2.09. The Morgan fingerprint density at radius 2 is 1.94 bits per heavy atom. The quantitative estimate of drug-likeness (QED) is 0.820. The summed E-state index contributed by atoms with van der Waals surface area (Å²) in [6, 6.07) is 9.21. The zero-order valence-corrected chi connectivity index (χ0v) is 10.2. The maximum atomic E-state index is 12.1. The maximum absolute atomic E-state index is 12.1. The molecule has 0 aliphatic heterocycles. The van der Waals surface area contributed by atoms with Gasteiger partial charge in [0.05, 0.1) is 12.7 Å². The molecule has 17 heavy (non-hydrogen) atoms. The van der Waals surface area contributed by atoms with Gasteiger partial charge in [-0.05, 0) is 5.56 Å². The maximum Gasteiger partial charge on any atom is 0.280 e. The van der Waals surface area contributed by atoms with E-state index in [4.69, 9.17) is 16.3 Å². The minimum Gasteiger partial charge on any atom is -0.477 e. The van der Waals surface area contributed by atoms with E-state index in [0.717, 1.165) is 5.56 Å². The second kappa shape index (κ2) is 4.59. The second-order valence-electron chi connectivity index (χ2n) is 3.49. The summed E-state index contributed by atoms with van der Waals surface area (Å²) < 4.78 is 6.36. The summed E-state index contributed by atoms with van der Waals surface area (Å²) in [7, 11) is 3.07. The van der Waals surface area contributed by atoms with Gasteiger partial charge < -0.3 is 4.74 Å². The van der Waals surface area contributed by atoms with Crippen molar-refractivity contribution in [2.24, 2.45) is 7.05 Å². The van der Waals surface area contributed by atoms with Crippen molar-refractivity contribution in [1.82, 2.24) is 9.78 Å². The zero-order chi connectivity index (χ0) is 12.4. The number of halogens is 1. The van der Waals surface area contributed by atoms with Gasteiger partial charge in [-0.15, -0.1) is 5.10 Å². The van der Waals surface area contributed by atoms with E-state index in [9.17, 15) is 4.79 Å². The van der Waals surface area contributed by atoms with Gasteiger partial charge in [-0.2, -0.15) is 0 Å². The fourth-order valence-corrected chi connectivity index (χ4v) is 1.81. The van der Waals surface area contributed by atoms with Crippen LogP contribution in [0.25, 0.3) is 11.1 Å². The van der Waals surface area contributed by atoms with Crippen LogP contribution < -0.4 is 10.2 Å². The highest BCUT2D eigenvalue weighted by Gasteiger charge is 2.16. The molecular formula is C12H11ClN2O2. The Morgan fingerprint density at radius 3 is 2.53 bits per heavy atom. The number of aromatic nitrogens is 2. The zero-order valence-electron chi connectivity index (χ0n) is 9.48. The predicted molar refractivity (Wildman–Crippen MR) is 66.5 cm³/mol. The Hall–Kier alpha value is -1.81. The van der Waals surface area contributed by atoms with Gasteiger partial charge in [0.15, 0.2) is 0 Å². The van der Waals surface area contributed by atoms with E-state index in [2.05, 4.69) is 5.10 Å². The van der Waals surface area contributed by atoms with Crippen LogP contribution in [0.4, 0.5) is 0 Å². The van der Waals surface area contributed by atoms with Gasteiger partial charge in [0, 0.05) is 7.05 Å². The van der Waals surface area contributed by atoms with Crippen molar-refractivity contribution in [2.45, 2.75) is 0 Å². The van der Waals surface area contributed by atoms with Crippen LogP contribution in [-0.2, 0) is 7.05 Å². The summed E-state index contributed by atoms with van der Waals surface area (Å²) in [5, 5.41) is 4.22. The Labute approximate surface area is 103 Å². The van der Waals surface area contributed by atoms with E-state index in [-0.39, 0.29) is 11.3 Å². The highest BCUT2D eigenvalue weighted by Crippen LogP contribution is 2.24. The summed E-state index contributed by atoms with van der Waals surface area (Å²) in [4.78, 5) is 12.1. The van der Waals surface area contributed by atoms with Gasteiger partial charge in [-0.1, -0.05) is 41.9 Å². The number of hydrogen-bond acceptors (Lipinski definition) is 3. The van der Waals surface area contributed by atoms with Crippen LogP contribution in [-0.4, -0.2) is 16.9 Å². The topological polar surface area (TPSA) is 44.1 Å². The molecule has 0 fully saturated rings. The lowest BCUT2D eigenvalue weighted by molar-refractivity contribution is 0.379. The van der Waals surface area contributed by atoms with E-state index in [1.165, 1.54) is 11.8 Å². The van der Waals surface area contributed by atoms with E-state index >= 15 is 0 Å². The Balaban J connectivity index is 2.77. The molecule has 88 valence electrons. The highest BCUT2D eigenvalue weighted by atomic mass is 35.5. The summed E-state index contributed by atoms with van der Waals surface area (Å²) >= 11 is 6.11. The first-order valence-corrected chi connectivity index (χ1v) is 5.39. The number of methoxy groups -OCH3 is 1. The van der Waals surface area contributed by atoms with Crippen molar-refractivity contribution >= 4 is 11.6 Å². The number of nitrogens with zero attached hydrogens (tertiary/aromatic N) is 2. The van der Waals surface area contributed by atoms with Gasteiger partial charge in [-0.3, -0.25) is 9.48 Å². The monoisotopic (exact) mass is 250 g/mol. The van der Waals surface area contributed by atoms with Crippen LogP contribution >= 0.6 is 11.6 Å². The molecule has 0 unspecified atom stereocenters. The van der Waals surface area contributed by atoms with E-state index in [0.29, 0.717) is 10.7 Å². The molecule has 0 aliphatic carbocycles. The molecular weight excluding hydrogens is 240 g/mol. The van der Waals surface area contributed by atoms with Crippen LogP contribution in [0.2, 0.25) is 5.15 Å². The minimum absolute atomic E-state index is 0.0377. The third-order valence-electron chi connectivity index (χ3n) is 2.41. The lowest BCUT2D eigenvalue weighted by atomic mass is 10.1. The molecule has 4 nitrogen and oxygen atoms in total. The lowest BCUT2D eigenvalue weighted by Crippen LogP contribution is -2.16. The molecule has 2 rings (SSSR count). The SMILES string of the molecule is COc1nn(C)c(Cl)c(-c2ccccc2)c1=O. The van der Waals surface area contributed by atoms with Gasteiger partial charge >= 0.3 is 0 Å². The normalized spacial score (nSPS) is 10.3. The van der Waals surface area contributed by atoms with Crippen LogP contribution in [0.5, 0.6) is 5.88 Å². The van der Waals surface area contributed by atoms with Gasteiger partial charge in [0.25, 0.3) is 11.3 Å². The fourth-order valence-electron chi connectivity index (χ4n) is 1.58. The van der Waals surface area contributed by atoms with Crippen LogP contribution in [0, 0.1) is 0 Å². The van der Waals surface area contributed by atoms with Crippen LogP contribution in [0.15, 0.2) is 35.1 Å². The first kappa shape index (κ1) is 11.7. The average Bonchev–Trinajstić information content (AvgIpc) is 2.35. The van der Waals surface area contributed by atoms with Crippen molar-refractivity contribution in [1.29, 1.82) is 0 Å². The van der Waals surface area contributed by atoms with Gasteiger partial charge in [0.2, 0.25) is 0 Å². The molecule has 0 aliphatic rings. The molecule has 0 bridgehead atoms. The Kier molecular flexibility index (Phi) is 3.15. The molecule has 5 heteroatoms. The first-order chi connectivity index (χ1) is 8.15. The molecule has 0 radical (unpaired) electrons. The van der Waals surface area contributed by atoms with Crippen molar-refractivity contribution in [3.63, 3.8) is 0 Å². The first-order valence-electron chi connectivity index (χ1n) is 5.01. The third kappa shape index (κ3) is 2.03. The van der Waals surface area contributed by atoms with E-state index in [1.807, 2.05) is 30.3 Å². The Morgan fingerprint density at radius 1 is 1.29 bits per heavy atom. The second-order valence-corrected chi connectivity index (χ2v) is 3.85. The summed E-state index contributed by atoms with van der Waals surface area (Å²) in [6.45, 7) is 0. The van der Waals surface area contributed by atoms with Crippen molar-refractivity contribution in [3.05, 3.63) is 45.7 Å².